The maximum Gasteiger partial charge on any atom is 0.224 e. The fourth-order valence-electron chi connectivity index (χ4n) is 1.02. The second-order valence-corrected chi connectivity index (χ2v) is 5.80. The molecule has 96 valence electrons. The van der Waals surface area contributed by atoms with Crippen molar-refractivity contribution >= 4 is 27.7 Å². The predicted octanol–water partition coefficient (Wildman–Crippen LogP) is 2.24. The summed E-state index contributed by atoms with van der Waals surface area (Å²) in [7, 11) is 1.76. The van der Waals surface area contributed by atoms with Gasteiger partial charge in [-0.2, -0.15) is 4.98 Å². The van der Waals surface area contributed by atoms with E-state index < -0.39 is 11.1 Å². The summed E-state index contributed by atoms with van der Waals surface area (Å²) in [6, 6.07) is 0. The lowest BCUT2D eigenvalue weighted by molar-refractivity contribution is 0.0238. The van der Waals surface area contributed by atoms with Crippen molar-refractivity contribution in [1.82, 2.24) is 9.97 Å². The summed E-state index contributed by atoms with van der Waals surface area (Å²) in [5.74, 6) is 1.18. The van der Waals surface area contributed by atoms with Gasteiger partial charge in [-0.1, -0.05) is 0 Å². The zero-order valence-corrected chi connectivity index (χ0v) is 12.4. The standard InChI is InChI=1S/C11H19BrN4O/c1-10(2,11(3,4)17)16-8-7(12)6-14-9(13-5)15-8/h6,17H,1-5H3,(H2,13,14,15,16). The highest BCUT2D eigenvalue weighted by Gasteiger charge is 2.35. The molecule has 1 heterocycles. The average molecular weight is 303 g/mol. The maximum atomic E-state index is 10.1. The topological polar surface area (TPSA) is 70.1 Å². The van der Waals surface area contributed by atoms with E-state index in [1.54, 1.807) is 27.1 Å². The van der Waals surface area contributed by atoms with E-state index in [1.165, 1.54) is 0 Å². The summed E-state index contributed by atoms with van der Waals surface area (Å²) in [6.07, 6.45) is 1.67. The van der Waals surface area contributed by atoms with Crippen molar-refractivity contribution in [2.45, 2.75) is 38.8 Å². The molecule has 0 unspecified atom stereocenters. The third-order valence-corrected chi connectivity index (χ3v) is 3.51. The van der Waals surface area contributed by atoms with Crippen LogP contribution in [0.1, 0.15) is 27.7 Å². The molecule has 0 aliphatic heterocycles. The van der Waals surface area contributed by atoms with Crippen LogP contribution in [0.5, 0.6) is 0 Å². The highest BCUT2D eigenvalue weighted by Crippen LogP contribution is 2.29. The molecule has 0 saturated carbocycles. The van der Waals surface area contributed by atoms with Gasteiger partial charge >= 0.3 is 0 Å². The van der Waals surface area contributed by atoms with Gasteiger partial charge in [0.2, 0.25) is 5.95 Å². The lowest BCUT2D eigenvalue weighted by Crippen LogP contribution is -2.51. The predicted molar refractivity (Wildman–Crippen MR) is 73.3 cm³/mol. The number of aromatic nitrogens is 2. The summed E-state index contributed by atoms with van der Waals surface area (Å²) in [5.41, 5.74) is -1.40. The van der Waals surface area contributed by atoms with Gasteiger partial charge in [0.15, 0.2) is 0 Å². The van der Waals surface area contributed by atoms with Crippen molar-refractivity contribution in [2.24, 2.45) is 0 Å². The quantitative estimate of drug-likeness (QED) is 0.796. The largest absolute Gasteiger partial charge is 0.388 e. The summed E-state index contributed by atoms with van der Waals surface area (Å²) in [4.78, 5) is 8.38. The molecule has 1 aromatic heterocycles. The first-order valence-electron chi connectivity index (χ1n) is 5.38. The Morgan fingerprint density at radius 2 is 1.88 bits per heavy atom. The van der Waals surface area contributed by atoms with Crippen LogP contribution in [-0.4, -0.2) is 33.3 Å². The number of nitrogens with one attached hydrogen (secondary N) is 2. The van der Waals surface area contributed by atoms with Crippen LogP contribution < -0.4 is 10.6 Å². The first kappa shape index (κ1) is 14.2. The van der Waals surface area contributed by atoms with Gasteiger partial charge in [-0.3, -0.25) is 0 Å². The minimum absolute atomic E-state index is 0.519. The lowest BCUT2D eigenvalue weighted by Gasteiger charge is -2.38. The molecule has 0 atom stereocenters. The fourth-order valence-corrected chi connectivity index (χ4v) is 1.31. The number of anilines is 2. The molecule has 6 heteroatoms. The molecular weight excluding hydrogens is 284 g/mol. The van der Waals surface area contributed by atoms with Gasteiger partial charge in [-0.15, -0.1) is 0 Å². The Kier molecular flexibility index (Phi) is 3.99. The van der Waals surface area contributed by atoms with Crippen molar-refractivity contribution in [2.75, 3.05) is 17.7 Å². The summed E-state index contributed by atoms with van der Waals surface area (Å²) in [6.45, 7) is 7.35. The van der Waals surface area contributed by atoms with Crippen LogP contribution in [0.15, 0.2) is 10.7 Å². The number of halogens is 1. The van der Waals surface area contributed by atoms with Crippen molar-refractivity contribution < 1.29 is 5.11 Å². The van der Waals surface area contributed by atoms with Crippen LogP contribution in [0.25, 0.3) is 0 Å². The second-order valence-electron chi connectivity index (χ2n) is 4.95. The van der Waals surface area contributed by atoms with E-state index in [2.05, 4.69) is 36.5 Å². The third kappa shape index (κ3) is 3.29. The van der Waals surface area contributed by atoms with Crippen LogP contribution in [0.3, 0.4) is 0 Å². The van der Waals surface area contributed by atoms with Crippen LogP contribution in [0.2, 0.25) is 0 Å². The average Bonchev–Trinajstić information content (AvgIpc) is 2.19. The lowest BCUT2D eigenvalue weighted by atomic mass is 9.86. The first-order chi connectivity index (χ1) is 7.67. The monoisotopic (exact) mass is 302 g/mol. The van der Waals surface area contributed by atoms with Gasteiger partial charge in [-0.25, -0.2) is 4.98 Å². The van der Waals surface area contributed by atoms with Crippen molar-refractivity contribution in [3.63, 3.8) is 0 Å². The smallest absolute Gasteiger partial charge is 0.224 e. The van der Waals surface area contributed by atoms with Crippen molar-refractivity contribution in [3.8, 4) is 0 Å². The molecule has 0 fully saturated rings. The van der Waals surface area contributed by atoms with E-state index in [0.717, 1.165) is 4.47 Å². The van der Waals surface area contributed by atoms with Gasteiger partial charge in [-0.05, 0) is 43.6 Å². The van der Waals surface area contributed by atoms with E-state index in [1.807, 2.05) is 13.8 Å². The van der Waals surface area contributed by atoms with E-state index in [-0.39, 0.29) is 0 Å². The Bertz CT molecular complexity index is 401. The number of rotatable bonds is 4. The molecule has 1 rings (SSSR count). The SMILES string of the molecule is CNc1ncc(Br)c(NC(C)(C)C(C)(C)O)n1. The number of hydrogen-bond donors (Lipinski definition) is 3. The molecule has 0 amide bonds. The Morgan fingerprint density at radius 1 is 1.29 bits per heavy atom. The summed E-state index contributed by atoms with van der Waals surface area (Å²) >= 11 is 3.38. The van der Waals surface area contributed by atoms with Crippen molar-refractivity contribution in [3.05, 3.63) is 10.7 Å². The summed E-state index contributed by atoms with van der Waals surface area (Å²) < 4.78 is 0.758. The minimum Gasteiger partial charge on any atom is -0.388 e. The Labute approximate surface area is 110 Å². The van der Waals surface area contributed by atoms with E-state index >= 15 is 0 Å². The van der Waals surface area contributed by atoms with Gasteiger partial charge in [0.25, 0.3) is 0 Å². The Hall–Kier alpha value is -0.880. The zero-order chi connectivity index (χ0) is 13.3. The van der Waals surface area contributed by atoms with Gasteiger partial charge < -0.3 is 15.7 Å². The van der Waals surface area contributed by atoms with Gasteiger partial charge in [0, 0.05) is 13.2 Å². The number of nitrogens with zero attached hydrogens (tertiary/aromatic N) is 2. The zero-order valence-electron chi connectivity index (χ0n) is 10.8. The van der Waals surface area contributed by atoms with Crippen LogP contribution in [0, 0.1) is 0 Å². The van der Waals surface area contributed by atoms with Crippen LogP contribution >= 0.6 is 15.9 Å². The van der Waals surface area contributed by atoms with Gasteiger partial charge in [0.1, 0.15) is 5.82 Å². The first-order valence-corrected chi connectivity index (χ1v) is 6.17. The van der Waals surface area contributed by atoms with E-state index in [4.69, 9.17) is 0 Å². The minimum atomic E-state index is -0.878. The molecule has 1 aromatic rings. The maximum absolute atomic E-state index is 10.1. The highest BCUT2D eigenvalue weighted by atomic mass is 79.9. The van der Waals surface area contributed by atoms with Gasteiger partial charge in [0.05, 0.1) is 15.6 Å². The Morgan fingerprint density at radius 3 is 2.35 bits per heavy atom. The van der Waals surface area contributed by atoms with Crippen molar-refractivity contribution in [1.29, 1.82) is 0 Å². The van der Waals surface area contributed by atoms with Crippen LogP contribution in [-0.2, 0) is 0 Å². The molecule has 5 nitrogen and oxygen atoms in total. The molecular formula is C11H19BrN4O. The highest BCUT2D eigenvalue weighted by molar-refractivity contribution is 9.10. The molecule has 0 bridgehead atoms. The Balaban J connectivity index is 3.02. The number of aliphatic hydroxyl groups is 1. The number of hydrogen-bond acceptors (Lipinski definition) is 5. The summed E-state index contributed by atoms with van der Waals surface area (Å²) in [5, 5.41) is 16.2. The molecule has 0 aliphatic rings. The molecule has 0 radical (unpaired) electrons. The molecule has 17 heavy (non-hydrogen) atoms. The second kappa shape index (κ2) is 4.78. The third-order valence-electron chi connectivity index (χ3n) is 2.93. The van der Waals surface area contributed by atoms with Crippen LogP contribution in [0.4, 0.5) is 11.8 Å². The molecule has 0 aromatic carbocycles. The van der Waals surface area contributed by atoms with E-state index in [0.29, 0.717) is 11.8 Å². The fraction of sp³-hybridized carbons (Fsp3) is 0.636. The normalized spacial score (nSPS) is 12.4. The molecule has 3 N–H and O–H groups in total. The molecule has 0 spiro atoms. The molecule has 0 aliphatic carbocycles. The molecule has 0 saturated heterocycles. The van der Waals surface area contributed by atoms with E-state index in [9.17, 15) is 5.11 Å².